The van der Waals surface area contributed by atoms with Gasteiger partial charge in [-0.15, -0.1) is 0 Å². The number of amides is 2. The molecule has 1 unspecified atom stereocenters. The van der Waals surface area contributed by atoms with Crippen molar-refractivity contribution in [3.63, 3.8) is 0 Å². The van der Waals surface area contributed by atoms with Gasteiger partial charge in [0.1, 0.15) is 5.76 Å². The first-order chi connectivity index (χ1) is 8.54. The maximum Gasteiger partial charge on any atom is 0.317 e. The zero-order valence-corrected chi connectivity index (χ0v) is 10.5. The molecule has 0 saturated heterocycles. The molecule has 1 atom stereocenters. The van der Waals surface area contributed by atoms with E-state index in [2.05, 4.69) is 5.32 Å². The lowest BCUT2D eigenvalue weighted by molar-refractivity contribution is -0.141. The molecule has 0 bridgehead atoms. The number of carbonyl (C=O) groups is 2. The maximum atomic E-state index is 11.8. The zero-order valence-electron chi connectivity index (χ0n) is 10.5. The first-order valence-corrected chi connectivity index (χ1v) is 5.82. The quantitative estimate of drug-likeness (QED) is 0.806. The molecule has 6 nitrogen and oxygen atoms in total. The Morgan fingerprint density at radius 1 is 1.56 bits per heavy atom. The summed E-state index contributed by atoms with van der Waals surface area (Å²) in [5.41, 5.74) is 0. The van der Waals surface area contributed by atoms with E-state index >= 15 is 0 Å². The van der Waals surface area contributed by atoms with Gasteiger partial charge in [0.2, 0.25) is 0 Å². The van der Waals surface area contributed by atoms with Crippen LogP contribution in [0.2, 0.25) is 0 Å². The van der Waals surface area contributed by atoms with Gasteiger partial charge in [-0.2, -0.15) is 0 Å². The molecular weight excluding hydrogens is 236 g/mol. The normalized spacial score (nSPS) is 11.9. The van der Waals surface area contributed by atoms with E-state index in [1.807, 2.05) is 0 Å². The van der Waals surface area contributed by atoms with Crippen LogP contribution in [-0.4, -0.2) is 35.1 Å². The van der Waals surface area contributed by atoms with Crippen molar-refractivity contribution in [3.05, 3.63) is 24.2 Å². The molecule has 0 spiro atoms. The lowest BCUT2D eigenvalue weighted by atomic mass is 10.2. The molecule has 1 heterocycles. The van der Waals surface area contributed by atoms with Gasteiger partial charge in [-0.25, -0.2) is 4.79 Å². The number of carbonyl (C=O) groups excluding carboxylic acids is 1. The summed E-state index contributed by atoms with van der Waals surface area (Å²) in [5, 5.41) is 11.5. The third-order valence-corrected chi connectivity index (χ3v) is 2.58. The van der Waals surface area contributed by atoms with E-state index in [0.717, 1.165) is 0 Å². The Kier molecular flexibility index (Phi) is 5.23. The summed E-state index contributed by atoms with van der Waals surface area (Å²) in [6.45, 7) is 4.33. The minimum absolute atomic E-state index is 0.190. The van der Waals surface area contributed by atoms with Crippen LogP contribution in [0.15, 0.2) is 22.8 Å². The number of carboxylic acids is 1. The van der Waals surface area contributed by atoms with E-state index < -0.39 is 11.9 Å². The molecule has 0 radical (unpaired) electrons. The molecule has 0 aliphatic carbocycles. The Bertz CT molecular complexity index is 389. The molecule has 1 aromatic rings. The fourth-order valence-electron chi connectivity index (χ4n) is 1.45. The van der Waals surface area contributed by atoms with Crippen molar-refractivity contribution < 1.29 is 19.1 Å². The molecule has 0 aliphatic rings. The molecule has 0 aliphatic heterocycles. The van der Waals surface area contributed by atoms with Crippen LogP contribution in [0.4, 0.5) is 4.79 Å². The molecule has 2 N–H and O–H groups in total. The van der Waals surface area contributed by atoms with E-state index in [0.29, 0.717) is 18.8 Å². The number of furan rings is 1. The number of urea groups is 1. The summed E-state index contributed by atoms with van der Waals surface area (Å²) in [7, 11) is 0. The van der Waals surface area contributed by atoms with Gasteiger partial charge in [0.25, 0.3) is 0 Å². The van der Waals surface area contributed by atoms with Crippen molar-refractivity contribution in [3.8, 4) is 0 Å². The van der Waals surface area contributed by atoms with Crippen molar-refractivity contribution in [1.29, 1.82) is 0 Å². The summed E-state index contributed by atoms with van der Waals surface area (Å²) in [4.78, 5) is 24.0. The molecule has 6 heteroatoms. The van der Waals surface area contributed by atoms with E-state index in [1.165, 1.54) is 11.2 Å². The van der Waals surface area contributed by atoms with Crippen LogP contribution in [0, 0.1) is 5.92 Å². The van der Waals surface area contributed by atoms with Crippen LogP contribution in [0.1, 0.15) is 19.6 Å². The minimum Gasteiger partial charge on any atom is -0.481 e. The van der Waals surface area contributed by atoms with E-state index in [1.54, 1.807) is 26.0 Å². The number of nitrogens with one attached hydrogen (secondary N) is 1. The van der Waals surface area contributed by atoms with Crippen molar-refractivity contribution in [2.24, 2.45) is 5.92 Å². The van der Waals surface area contributed by atoms with Crippen LogP contribution in [0.3, 0.4) is 0 Å². The summed E-state index contributed by atoms with van der Waals surface area (Å²) in [6, 6.07) is 3.21. The second kappa shape index (κ2) is 6.68. The Morgan fingerprint density at radius 3 is 2.78 bits per heavy atom. The second-order valence-corrected chi connectivity index (χ2v) is 4.02. The number of nitrogens with zero attached hydrogens (tertiary/aromatic N) is 1. The highest BCUT2D eigenvalue weighted by molar-refractivity contribution is 5.75. The van der Waals surface area contributed by atoms with Gasteiger partial charge in [-0.05, 0) is 19.1 Å². The van der Waals surface area contributed by atoms with Crippen LogP contribution in [0.5, 0.6) is 0 Å². The molecule has 2 amide bonds. The maximum absolute atomic E-state index is 11.8. The number of carboxylic acid groups (broad SMARTS) is 1. The minimum atomic E-state index is -0.910. The molecule has 1 aromatic heterocycles. The monoisotopic (exact) mass is 254 g/mol. The van der Waals surface area contributed by atoms with E-state index in [4.69, 9.17) is 9.52 Å². The number of hydrogen-bond donors (Lipinski definition) is 2. The van der Waals surface area contributed by atoms with Crippen LogP contribution < -0.4 is 5.32 Å². The zero-order chi connectivity index (χ0) is 13.5. The van der Waals surface area contributed by atoms with E-state index in [9.17, 15) is 9.59 Å². The molecule has 0 saturated carbocycles. The first-order valence-electron chi connectivity index (χ1n) is 5.82. The fourth-order valence-corrected chi connectivity index (χ4v) is 1.45. The van der Waals surface area contributed by atoms with Crippen molar-refractivity contribution in [1.82, 2.24) is 10.2 Å². The first kappa shape index (κ1) is 14.1. The summed E-state index contributed by atoms with van der Waals surface area (Å²) < 4.78 is 5.09. The Hall–Kier alpha value is -1.98. The van der Waals surface area contributed by atoms with E-state index in [-0.39, 0.29) is 12.6 Å². The fraction of sp³-hybridized carbons (Fsp3) is 0.500. The molecule has 1 rings (SSSR count). The van der Waals surface area contributed by atoms with Gasteiger partial charge in [-0.1, -0.05) is 6.92 Å². The Labute approximate surface area is 106 Å². The van der Waals surface area contributed by atoms with Crippen molar-refractivity contribution in [2.45, 2.75) is 20.4 Å². The summed E-state index contributed by atoms with van der Waals surface area (Å²) >= 11 is 0. The van der Waals surface area contributed by atoms with Gasteiger partial charge in [0, 0.05) is 13.1 Å². The highest BCUT2D eigenvalue weighted by Gasteiger charge is 2.19. The van der Waals surface area contributed by atoms with Gasteiger partial charge in [0.15, 0.2) is 0 Å². The average Bonchev–Trinajstić information content (AvgIpc) is 2.85. The summed E-state index contributed by atoms with van der Waals surface area (Å²) in [5.74, 6) is -0.836. The SMILES string of the molecule is CCN(CC(C)C(=O)O)C(=O)NCc1ccco1. The lowest BCUT2D eigenvalue weighted by Crippen LogP contribution is -2.42. The smallest absolute Gasteiger partial charge is 0.317 e. The largest absolute Gasteiger partial charge is 0.481 e. The average molecular weight is 254 g/mol. The van der Waals surface area contributed by atoms with Crippen molar-refractivity contribution >= 4 is 12.0 Å². The summed E-state index contributed by atoms with van der Waals surface area (Å²) in [6.07, 6.45) is 1.53. The number of aliphatic carboxylic acids is 1. The van der Waals surface area contributed by atoms with Gasteiger partial charge in [-0.3, -0.25) is 4.79 Å². The van der Waals surface area contributed by atoms with Crippen LogP contribution in [0.25, 0.3) is 0 Å². The number of hydrogen-bond acceptors (Lipinski definition) is 3. The predicted molar refractivity (Wildman–Crippen MR) is 65.0 cm³/mol. The van der Waals surface area contributed by atoms with Gasteiger partial charge >= 0.3 is 12.0 Å². The van der Waals surface area contributed by atoms with Crippen LogP contribution >= 0.6 is 0 Å². The Balaban J connectivity index is 2.44. The topological polar surface area (TPSA) is 82.8 Å². The van der Waals surface area contributed by atoms with Gasteiger partial charge in [0.05, 0.1) is 18.7 Å². The van der Waals surface area contributed by atoms with Gasteiger partial charge < -0.3 is 19.7 Å². The second-order valence-electron chi connectivity index (χ2n) is 4.02. The highest BCUT2D eigenvalue weighted by atomic mass is 16.4. The standard InChI is InChI=1S/C12H18N2O4/c1-3-14(8-9(2)11(15)16)12(17)13-7-10-5-4-6-18-10/h4-6,9H,3,7-8H2,1-2H3,(H,13,17)(H,15,16). The molecule has 100 valence electrons. The number of rotatable bonds is 6. The molecule has 18 heavy (non-hydrogen) atoms. The molecule has 0 fully saturated rings. The highest BCUT2D eigenvalue weighted by Crippen LogP contribution is 2.02. The molecule has 0 aromatic carbocycles. The van der Waals surface area contributed by atoms with Crippen LogP contribution in [-0.2, 0) is 11.3 Å². The Morgan fingerprint density at radius 2 is 2.28 bits per heavy atom. The third-order valence-electron chi connectivity index (χ3n) is 2.58. The molecular formula is C12H18N2O4. The van der Waals surface area contributed by atoms with Crippen molar-refractivity contribution in [2.75, 3.05) is 13.1 Å². The lowest BCUT2D eigenvalue weighted by Gasteiger charge is -2.22. The predicted octanol–water partition coefficient (Wildman–Crippen LogP) is 1.53. The third kappa shape index (κ3) is 4.12.